The van der Waals surface area contributed by atoms with Gasteiger partial charge in [0, 0.05) is 10.7 Å². The van der Waals surface area contributed by atoms with Gasteiger partial charge in [-0.2, -0.15) is 0 Å². The number of hydrogen-bond donors (Lipinski definition) is 1. The van der Waals surface area contributed by atoms with E-state index in [9.17, 15) is 0 Å². The van der Waals surface area contributed by atoms with Gasteiger partial charge in [-0.3, -0.25) is 0 Å². The Morgan fingerprint density at radius 2 is 2.00 bits per heavy atom. The van der Waals surface area contributed by atoms with Crippen molar-refractivity contribution in [1.29, 1.82) is 0 Å². The van der Waals surface area contributed by atoms with Gasteiger partial charge in [-0.25, -0.2) is 0 Å². The van der Waals surface area contributed by atoms with E-state index in [1.54, 1.807) is 7.11 Å². The van der Waals surface area contributed by atoms with Crippen LogP contribution < -0.4 is 10.1 Å². The van der Waals surface area contributed by atoms with Gasteiger partial charge in [0.1, 0.15) is 5.75 Å². The van der Waals surface area contributed by atoms with Crippen molar-refractivity contribution in [2.75, 3.05) is 12.4 Å². The third kappa shape index (κ3) is 2.38. The van der Waals surface area contributed by atoms with Crippen molar-refractivity contribution in [3.8, 4) is 5.75 Å². The van der Waals surface area contributed by atoms with Gasteiger partial charge >= 0.3 is 0 Å². The van der Waals surface area contributed by atoms with E-state index in [0.29, 0.717) is 10.8 Å². The van der Waals surface area contributed by atoms with Crippen LogP contribution in [-0.2, 0) is 6.42 Å². The van der Waals surface area contributed by atoms with Crippen LogP contribution in [0.2, 0.25) is 10.0 Å². The standard InChI is InChI=1S/C15H13Cl2NO/c1-19-15-5-2-9(7-12(15)17)14-8-10-6-11(16)3-4-13(10)18-14/h2-7,14,18H,8H2,1H3. The lowest BCUT2D eigenvalue weighted by Crippen LogP contribution is -2.05. The molecule has 0 saturated carbocycles. The van der Waals surface area contributed by atoms with E-state index in [4.69, 9.17) is 27.9 Å². The number of halogens is 2. The summed E-state index contributed by atoms with van der Waals surface area (Å²) in [7, 11) is 1.62. The summed E-state index contributed by atoms with van der Waals surface area (Å²) in [4.78, 5) is 0. The molecule has 0 saturated heterocycles. The van der Waals surface area contributed by atoms with Crippen molar-refractivity contribution in [2.45, 2.75) is 12.5 Å². The van der Waals surface area contributed by atoms with Crippen LogP contribution in [0.25, 0.3) is 0 Å². The zero-order chi connectivity index (χ0) is 13.4. The Labute approximate surface area is 122 Å². The lowest BCUT2D eigenvalue weighted by Gasteiger charge is -2.13. The molecule has 0 radical (unpaired) electrons. The Balaban J connectivity index is 1.88. The maximum atomic E-state index is 6.17. The predicted molar refractivity (Wildman–Crippen MR) is 79.5 cm³/mol. The van der Waals surface area contributed by atoms with Crippen molar-refractivity contribution in [1.82, 2.24) is 0 Å². The average Bonchev–Trinajstić information content (AvgIpc) is 2.81. The molecule has 0 bridgehead atoms. The maximum absolute atomic E-state index is 6.17. The van der Waals surface area contributed by atoms with E-state index in [-0.39, 0.29) is 6.04 Å². The number of nitrogens with one attached hydrogen (secondary N) is 1. The Kier molecular flexibility index (Phi) is 3.29. The zero-order valence-corrected chi connectivity index (χ0v) is 11.9. The molecule has 2 aromatic rings. The minimum absolute atomic E-state index is 0.233. The second-order valence-electron chi connectivity index (χ2n) is 4.60. The number of ether oxygens (including phenoxy) is 1. The molecule has 0 amide bonds. The Bertz CT molecular complexity index is 628. The highest BCUT2D eigenvalue weighted by Crippen LogP contribution is 2.37. The molecule has 98 valence electrons. The van der Waals surface area contributed by atoms with Gasteiger partial charge in [-0.05, 0) is 47.9 Å². The van der Waals surface area contributed by atoms with E-state index in [1.807, 2.05) is 36.4 Å². The van der Waals surface area contributed by atoms with Crippen molar-refractivity contribution >= 4 is 28.9 Å². The monoisotopic (exact) mass is 293 g/mol. The molecular formula is C15H13Cl2NO. The molecule has 2 nitrogen and oxygen atoms in total. The molecule has 0 spiro atoms. The summed E-state index contributed by atoms with van der Waals surface area (Å²) in [6, 6.07) is 12.0. The quantitative estimate of drug-likeness (QED) is 0.866. The number of anilines is 1. The number of hydrogen-bond acceptors (Lipinski definition) is 2. The molecule has 2 aromatic carbocycles. The molecule has 3 rings (SSSR count). The van der Waals surface area contributed by atoms with E-state index < -0.39 is 0 Å². The van der Waals surface area contributed by atoms with Crippen LogP contribution in [0.5, 0.6) is 5.75 Å². The SMILES string of the molecule is COc1ccc(C2Cc3cc(Cl)ccc3N2)cc1Cl. The van der Waals surface area contributed by atoms with Crippen LogP contribution in [0.4, 0.5) is 5.69 Å². The lowest BCUT2D eigenvalue weighted by molar-refractivity contribution is 0.415. The molecule has 1 unspecified atom stereocenters. The normalized spacial score (nSPS) is 16.9. The lowest BCUT2D eigenvalue weighted by atomic mass is 10.0. The second kappa shape index (κ2) is 4.95. The zero-order valence-electron chi connectivity index (χ0n) is 10.4. The number of fused-ring (bicyclic) bond motifs is 1. The fourth-order valence-corrected chi connectivity index (χ4v) is 2.89. The van der Waals surface area contributed by atoms with Crippen LogP contribution in [0, 0.1) is 0 Å². The Hall–Kier alpha value is -1.38. The van der Waals surface area contributed by atoms with Gasteiger partial charge in [0.05, 0.1) is 18.2 Å². The number of benzene rings is 2. The topological polar surface area (TPSA) is 21.3 Å². The van der Waals surface area contributed by atoms with Crippen LogP contribution in [0.15, 0.2) is 36.4 Å². The molecule has 1 N–H and O–H groups in total. The molecule has 1 aliphatic heterocycles. The summed E-state index contributed by atoms with van der Waals surface area (Å²) in [5.41, 5.74) is 3.53. The molecule has 1 aliphatic rings. The van der Waals surface area contributed by atoms with Gasteiger partial charge in [0.25, 0.3) is 0 Å². The van der Waals surface area contributed by atoms with Gasteiger partial charge in [-0.15, -0.1) is 0 Å². The van der Waals surface area contributed by atoms with E-state index in [0.717, 1.165) is 22.7 Å². The molecule has 19 heavy (non-hydrogen) atoms. The summed E-state index contributed by atoms with van der Waals surface area (Å²) in [5, 5.41) is 4.89. The van der Waals surface area contributed by atoms with Crippen LogP contribution >= 0.6 is 23.2 Å². The smallest absolute Gasteiger partial charge is 0.137 e. The first-order valence-corrected chi connectivity index (χ1v) is 6.81. The largest absolute Gasteiger partial charge is 0.495 e. The summed E-state index contributed by atoms with van der Waals surface area (Å²) < 4.78 is 5.17. The number of rotatable bonds is 2. The van der Waals surface area contributed by atoms with E-state index in [1.165, 1.54) is 5.56 Å². The molecule has 1 atom stereocenters. The van der Waals surface area contributed by atoms with Crippen molar-refractivity contribution in [3.63, 3.8) is 0 Å². The third-order valence-electron chi connectivity index (χ3n) is 3.40. The van der Waals surface area contributed by atoms with Crippen LogP contribution in [-0.4, -0.2) is 7.11 Å². The summed E-state index contributed by atoms with van der Waals surface area (Å²) >= 11 is 12.2. The molecule has 1 heterocycles. The highest BCUT2D eigenvalue weighted by atomic mass is 35.5. The maximum Gasteiger partial charge on any atom is 0.137 e. The van der Waals surface area contributed by atoms with Crippen molar-refractivity contribution in [3.05, 3.63) is 57.6 Å². The van der Waals surface area contributed by atoms with Crippen molar-refractivity contribution < 1.29 is 4.74 Å². The van der Waals surface area contributed by atoms with Gasteiger partial charge in [-0.1, -0.05) is 29.3 Å². The summed E-state index contributed by atoms with van der Waals surface area (Å²) in [6.07, 6.45) is 0.915. The average molecular weight is 294 g/mol. The first-order valence-electron chi connectivity index (χ1n) is 6.06. The summed E-state index contributed by atoms with van der Waals surface area (Å²) in [6.45, 7) is 0. The number of methoxy groups -OCH3 is 1. The minimum Gasteiger partial charge on any atom is -0.495 e. The molecule has 0 aromatic heterocycles. The van der Waals surface area contributed by atoms with Gasteiger partial charge in [0.15, 0.2) is 0 Å². The Morgan fingerprint density at radius 1 is 1.16 bits per heavy atom. The molecule has 4 heteroatoms. The molecule has 0 aliphatic carbocycles. The fraction of sp³-hybridized carbons (Fsp3) is 0.200. The Morgan fingerprint density at radius 3 is 2.74 bits per heavy atom. The second-order valence-corrected chi connectivity index (χ2v) is 5.44. The van der Waals surface area contributed by atoms with E-state index in [2.05, 4.69) is 5.32 Å². The first-order chi connectivity index (χ1) is 9.17. The van der Waals surface area contributed by atoms with Gasteiger partial charge in [0.2, 0.25) is 0 Å². The van der Waals surface area contributed by atoms with Crippen LogP contribution in [0.1, 0.15) is 17.2 Å². The molecular weight excluding hydrogens is 281 g/mol. The first kappa shape index (κ1) is 12.6. The fourth-order valence-electron chi connectivity index (χ4n) is 2.43. The molecule has 0 fully saturated rings. The summed E-state index contributed by atoms with van der Waals surface area (Å²) in [5.74, 6) is 0.698. The minimum atomic E-state index is 0.233. The highest BCUT2D eigenvalue weighted by Gasteiger charge is 2.22. The third-order valence-corrected chi connectivity index (χ3v) is 3.93. The highest BCUT2D eigenvalue weighted by molar-refractivity contribution is 6.32. The van der Waals surface area contributed by atoms with Crippen LogP contribution in [0.3, 0.4) is 0 Å². The van der Waals surface area contributed by atoms with Gasteiger partial charge < -0.3 is 10.1 Å². The van der Waals surface area contributed by atoms with E-state index >= 15 is 0 Å². The van der Waals surface area contributed by atoms with Crippen molar-refractivity contribution in [2.24, 2.45) is 0 Å². The predicted octanol–water partition coefficient (Wildman–Crippen LogP) is 4.71.